The summed E-state index contributed by atoms with van der Waals surface area (Å²) in [7, 11) is 0. The van der Waals surface area contributed by atoms with Crippen molar-refractivity contribution in [3.8, 4) is 0 Å². The van der Waals surface area contributed by atoms with Gasteiger partial charge in [0.15, 0.2) is 0 Å². The number of aryl methyl sites for hydroxylation is 1. The standard InChI is InChI=1S/C15H14ClN3O/c1-10-14-12(8-16)7-13(20)17-15(14)19(18-10)9-11-5-3-2-4-6-11/h2-7H,8-9H2,1H3,(H,17,20). The minimum absolute atomic E-state index is 0.151. The first-order valence-corrected chi connectivity index (χ1v) is 6.91. The van der Waals surface area contributed by atoms with Gasteiger partial charge in [-0.15, -0.1) is 11.6 Å². The van der Waals surface area contributed by atoms with E-state index in [1.165, 1.54) is 6.07 Å². The predicted octanol–water partition coefficient (Wildman–Crippen LogP) is 2.82. The molecule has 0 saturated heterocycles. The number of nitrogens with one attached hydrogen (secondary N) is 1. The molecule has 3 aromatic rings. The zero-order chi connectivity index (χ0) is 14.1. The summed E-state index contributed by atoms with van der Waals surface area (Å²) in [4.78, 5) is 14.6. The first-order valence-electron chi connectivity index (χ1n) is 6.38. The molecule has 0 aliphatic heterocycles. The maximum atomic E-state index is 11.7. The maximum Gasteiger partial charge on any atom is 0.249 e. The van der Waals surface area contributed by atoms with Crippen molar-refractivity contribution in [1.29, 1.82) is 0 Å². The summed E-state index contributed by atoms with van der Waals surface area (Å²) < 4.78 is 1.82. The maximum absolute atomic E-state index is 11.7. The van der Waals surface area contributed by atoms with E-state index in [1.807, 2.05) is 41.9 Å². The fourth-order valence-corrected chi connectivity index (χ4v) is 2.66. The van der Waals surface area contributed by atoms with E-state index in [-0.39, 0.29) is 5.56 Å². The first-order chi connectivity index (χ1) is 9.69. The van der Waals surface area contributed by atoms with Crippen LogP contribution in [0.2, 0.25) is 0 Å². The molecule has 4 nitrogen and oxygen atoms in total. The lowest BCUT2D eigenvalue weighted by Crippen LogP contribution is -2.10. The molecule has 2 aromatic heterocycles. The van der Waals surface area contributed by atoms with E-state index in [2.05, 4.69) is 10.1 Å². The molecular weight excluding hydrogens is 274 g/mol. The van der Waals surface area contributed by atoms with Crippen LogP contribution in [-0.2, 0) is 12.4 Å². The topological polar surface area (TPSA) is 50.7 Å². The van der Waals surface area contributed by atoms with Crippen LogP contribution in [-0.4, -0.2) is 14.8 Å². The summed E-state index contributed by atoms with van der Waals surface area (Å²) in [5, 5.41) is 5.46. The van der Waals surface area contributed by atoms with Gasteiger partial charge in [-0.1, -0.05) is 30.3 Å². The molecule has 5 heteroatoms. The van der Waals surface area contributed by atoms with Crippen LogP contribution in [0.3, 0.4) is 0 Å². The van der Waals surface area contributed by atoms with Crippen LogP contribution in [0.25, 0.3) is 11.0 Å². The molecule has 0 amide bonds. The number of benzene rings is 1. The normalized spacial score (nSPS) is 11.1. The van der Waals surface area contributed by atoms with Gasteiger partial charge in [-0.2, -0.15) is 5.10 Å². The molecule has 0 radical (unpaired) electrons. The molecule has 2 heterocycles. The van der Waals surface area contributed by atoms with Crippen LogP contribution < -0.4 is 5.56 Å². The Morgan fingerprint density at radius 2 is 2.05 bits per heavy atom. The molecule has 0 atom stereocenters. The first kappa shape index (κ1) is 12.9. The van der Waals surface area contributed by atoms with E-state index in [0.717, 1.165) is 27.9 Å². The van der Waals surface area contributed by atoms with Gasteiger partial charge in [-0.3, -0.25) is 4.79 Å². The predicted molar refractivity (Wildman–Crippen MR) is 80.2 cm³/mol. The van der Waals surface area contributed by atoms with Crippen LogP contribution in [0.5, 0.6) is 0 Å². The van der Waals surface area contributed by atoms with Gasteiger partial charge < -0.3 is 4.98 Å². The average molecular weight is 288 g/mol. The lowest BCUT2D eigenvalue weighted by molar-refractivity contribution is 0.695. The van der Waals surface area contributed by atoms with Crippen LogP contribution >= 0.6 is 11.6 Å². The van der Waals surface area contributed by atoms with Gasteiger partial charge in [-0.05, 0) is 18.1 Å². The summed E-state index contributed by atoms with van der Waals surface area (Å²) in [5.41, 5.74) is 3.41. The van der Waals surface area contributed by atoms with Crippen LogP contribution in [0.1, 0.15) is 16.8 Å². The van der Waals surface area contributed by atoms with Gasteiger partial charge in [0.2, 0.25) is 5.56 Å². The van der Waals surface area contributed by atoms with Gasteiger partial charge >= 0.3 is 0 Å². The van der Waals surface area contributed by atoms with Crippen molar-refractivity contribution in [2.45, 2.75) is 19.3 Å². The minimum Gasteiger partial charge on any atom is -0.307 e. The molecule has 1 aromatic carbocycles. The second-order valence-corrected chi connectivity index (χ2v) is 5.01. The number of alkyl halides is 1. The fraction of sp³-hybridized carbons (Fsp3) is 0.200. The van der Waals surface area contributed by atoms with Crippen molar-refractivity contribution in [1.82, 2.24) is 14.8 Å². The highest BCUT2D eigenvalue weighted by molar-refractivity contribution is 6.18. The number of aromatic nitrogens is 3. The third-order valence-corrected chi connectivity index (χ3v) is 3.60. The zero-order valence-corrected chi connectivity index (χ0v) is 11.8. The van der Waals surface area contributed by atoms with Gasteiger partial charge in [-0.25, -0.2) is 4.68 Å². The summed E-state index contributed by atoms with van der Waals surface area (Å²) in [5.74, 6) is 0.304. The minimum atomic E-state index is -0.151. The third-order valence-electron chi connectivity index (χ3n) is 3.31. The lowest BCUT2D eigenvalue weighted by atomic mass is 10.1. The summed E-state index contributed by atoms with van der Waals surface area (Å²) >= 11 is 5.93. The molecule has 0 aliphatic rings. The van der Waals surface area contributed by atoms with E-state index in [9.17, 15) is 4.79 Å². The Bertz CT molecular complexity index is 805. The van der Waals surface area contributed by atoms with E-state index < -0.39 is 0 Å². The van der Waals surface area contributed by atoms with Crippen LogP contribution in [0, 0.1) is 6.92 Å². The number of aromatic amines is 1. The number of pyridine rings is 1. The number of nitrogens with zero attached hydrogens (tertiary/aromatic N) is 2. The second kappa shape index (κ2) is 5.13. The highest BCUT2D eigenvalue weighted by Crippen LogP contribution is 2.21. The van der Waals surface area contributed by atoms with Crippen molar-refractivity contribution in [3.05, 3.63) is 63.6 Å². The highest BCUT2D eigenvalue weighted by atomic mass is 35.5. The van der Waals surface area contributed by atoms with Gasteiger partial charge in [0, 0.05) is 17.3 Å². The van der Waals surface area contributed by atoms with E-state index >= 15 is 0 Å². The molecule has 0 saturated carbocycles. The molecule has 1 N–H and O–H groups in total. The number of H-pyrrole nitrogens is 1. The third kappa shape index (κ3) is 2.23. The smallest absolute Gasteiger partial charge is 0.249 e. The SMILES string of the molecule is Cc1nn(Cc2ccccc2)c2[nH]c(=O)cc(CCl)c12. The Morgan fingerprint density at radius 3 is 2.75 bits per heavy atom. The Hall–Kier alpha value is -2.07. The van der Waals surface area contributed by atoms with E-state index in [0.29, 0.717) is 12.4 Å². The summed E-state index contributed by atoms with van der Waals surface area (Å²) in [6.45, 7) is 2.55. The lowest BCUT2D eigenvalue weighted by Gasteiger charge is -2.04. The highest BCUT2D eigenvalue weighted by Gasteiger charge is 2.13. The quantitative estimate of drug-likeness (QED) is 0.753. The van der Waals surface area contributed by atoms with Crippen molar-refractivity contribution in [2.24, 2.45) is 0 Å². The molecule has 0 spiro atoms. The molecule has 0 unspecified atom stereocenters. The average Bonchev–Trinajstić information content (AvgIpc) is 2.75. The second-order valence-electron chi connectivity index (χ2n) is 4.74. The van der Waals surface area contributed by atoms with Crippen LogP contribution in [0.15, 0.2) is 41.2 Å². The zero-order valence-electron chi connectivity index (χ0n) is 11.1. The molecule has 0 aliphatic carbocycles. The van der Waals surface area contributed by atoms with E-state index in [4.69, 9.17) is 11.6 Å². The van der Waals surface area contributed by atoms with Crippen LogP contribution in [0.4, 0.5) is 0 Å². The summed E-state index contributed by atoms with van der Waals surface area (Å²) in [6, 6.07) is 11.6. The van der Waals surface area contributed by atoms with Crippen molar-refractivity contribution < 1.29 is 0 Å². The van der Waals surface area contributed by atoms with Gasteiger partial charge in [0.1, 0.15) is 5.65 Å². The molecule has 20 heavy (non-hydrogen) atoms. The molecular formula is C15H14ClN3O. The van der Waals surface area contributed by atoms with Gasteiger partial charge in [0.25, 0.3) is 0 Å². The molecule has 3 rings (SSSR count). The monoisotopic (exact) mass is 287 g/mol. The Morgan fingerprint density at radius 1 is 1.30 bits per heavy atom. The number of halogens is 1. The summed E-state index contributed by atoms with van der Waals surface area (Å²) in [6.07, 6.45) is 0. The number of hydrogen-bond acceptors (Lipinski definition) is 2. The number of rotatable bonds is 3. The van der Waals surface area contributed by atoms with Crippen molar-refractivity contribution >= 4 is 22.6 Å². The molecule has 0 fully saturated rings. The van der Waals surface area contributed by atoms with Crippen molar-refractivity contribution in [2.75, 3.05) is 0 Å². The Balaban J connectivity index is 2.17. The van der Waals surface area contributed by atoms with Gasteiger partial charge in [0.05, 0.1) is 12.2 Å². The molecule has 0 bridgehead atoms. The Kier molecular flexibility index (Phi) is 3.32. The van der Waals surface area contributed by atoms with Crippen molar-refractivity contribution in [3.63, 3.8) is 0 Å². The Labute approximate surface area is 121 Å². The van der Waals surface area contributed by atoms with E-state index in [1.54, 1.807) is 0 Å². The number of fused-ring (bicyclic) bond motifs is 1. The largest absolute Gasteiger partial charge is 0.307 e. The molecule has 102 valence electrons. The fourth-order valence-electron chi connectivity index (χ4n) is 2.45. The number of hydrogen-bond donors (Lipinski definition) is 1.